The summed E-state index contributed by atoms with van der Waals surface area (Å²) in [5, 5.41) is 15.3. The van der Waals surface area contributed by atoms with Crippen LogP contribution >= 0.6 is 11.6 Å². The fourth-order valence-corrected chi connectivity index (χ4v) is 5.62. The zero-order chi connectivity index (χ0) is 28.4. The highest BCUT2D eigenvalue weighted by atomic mass is 35.5. The van der Waals surface area contributed by atoms with Gasteiger partial charge in [0.15, 0.2) is 17.5 Å². The van der Waals surface area contributed by atoms with E-state index in [2.05, 4.69) is 9.89 Å². The largest absolute Gasteiger partial charge is 0.573 e. The number of carbonyl (C=O) groups is 1. The van der Waals surface area contributed by atoms with Crippen LogP contribution in [0.5, 0.6) is 11.5 Å². The molecule has 5 aromatic rings. The summed E-state index contributed by atoms with van der Waals surface area (Å²) >= 11 is 6.13. The molecule has 1 atom stereocenters. The molecule has 1 aliphatic rings. The molecular weight excluding hydrogens is 549 g/mol. The lowest BCUT2D eigenvalue weighted by Gasteiger charge is -2.19. The Balaban J connectivity index is 1.56. The van der Waals surface area contributed by atoms with Gasteiger partial charge in [-0.05, 0) is 80.3 Å². The number of aromatic nitrogens is 2. The minimum atomic E-state index is -4.85. The van der Waals surface area contributed by atoms with Crippen molar-refractivity contribution in [2.45, 2.75) is 44.6 Å². The van der Waals surface area contributed by atoms with Gasteiger partial charge < -0.3 is 19.1 Å². The highest BCUT2D eigenvalue weighted by molar-refractivity contribution is 6.31. The number of hydrogen-bond acceptors (Lipinski definition) is 5. The molecule has 6 rings (SSSR count). The number of carboxylic acid groups (broad SMARTS) is 1. The van der Waals surface area contributed by atoms with Crippen LogP contribution in [0, 0.1) is 6.92 Å². The molecule has 1 saturated carbocycles. The summed E-state index contributed by atoms with van der Waals surface area (Å²) in [5.41, 5.74) is 3.02. The van der Waals surface area contributed by atoms with E-state index in [9.17, 15) is 23.1 Å². The second kappa shape index (κ2) is 9.19. The van der Waals surface area contributed by atoms with Gasteiger partial charge in [-0.25, -0.2) is 4.79 Å². The monoisotopic (exact) mass is 570 g/mol. The molecule has 40 heavy (non-hydrogen) atoms. The number of fused-ring (bicyclic) bond motifs is 2. The molecule has 1 fully saturated rings. The quantitative estimate of drug-likeness (QED) is 0.217. The Morgan fingerprint density at radius 3 is 2.58 bits per heavy atom. The summed E-state index contributed by atoms with van der Waals surface area (Å²) in [6.07, 6.45) is -4.45. The van der Waals surface area contributed by atoms with E-state index in [1.807, 2.05) is 17.6 Å². The normalized spacial score (nSPS) is 15.3. The van der Waals surface area contributed by atoms with Crippen molar-refractivity contribution in [3.63, 3.8) is 0 Å². The number of halogens is 4. The third-order valence-electron chi connectivity index (χ3n) is 7.31. The number of ether oxygens (including phenoxy) is 2. The van der Waals surface area contributed by atoms with Crippen LogP contribution in [0.1, 0.15) is 36.6 Å². The number of nitrogens with zero attached hydrogens (tertiary/aromatic N) is 2. The van der Waals surface area contributed by atoms with Crippen molar-refractivity contribution in [2.24, 2.45) is 0 Å². The molecule has 0 aliphatic heterocycles. The summed E-state index contributed by atoms with van der Waals surface area (Å²) in [7, 11) is 0. The van der Waals surface area contributed by atoms with E-state index in [0.29, 0.717) is 38.5 Å². The van der Waals surface area contributed by atoms with Crippen LogP contribution in [0.4, 0.5) is 13.2 Å². The molecule has 1 N–H and O–H groups in total. The first-order chi connectivity index (χ1) is 19.0. The smallest absolute Gasteiger partial charge is 0.479 e. The molecule has 0 unspecified atom stereocenters. The zero-order valence-electron chi connectivity index (χ0n) is 21.3. The average Bonchev–Trinajstić information content (AvgIpc) is 3.50. The Morgan fingerprint density at radius 2 is 1.88 bits per heavy atom. The first-order valence-electron chi connectivity index (χ1n) is 12.4. The van der Waals surface area contributed by atoms with Crippen molar-refractivity contribution < 1.29 is 37.1 Å². The number of alkyl halides is 3. The number of rotatable bonds is 7. The standard InChI is InChI=1S/C29H22ClF3N2O5/c1-15-25(28(10-11-28)17-4-3-5-19(12-17)38-16(2)27(36)37)22-14-20(39-29(31,32)33)7-9-23(22)35(15)26-21-8-6-18(30)13-24(21)40-34-26/h3-9,12-14,16H,10-11H2,1-2H3,(H,36,37)/t16-/m0/s1. The van der Waals surface area contributed by atoms with Crippen LogP contribution < -0.4 is 9.47 Å². The van der Waals surface area contributed by atoms with Gasteiger partial charge in [-0.2, -0.15) is 0 Å². The average molecular weight is 571 g/mol. The van der Waals surface area contributed by atoms with Gasteiger partial charge >= 0.3 is 12.3 Å². The maximum absolute atomic E-state index is 13.2. The predicted octanol–water partition coefficient (Wildman–Crippen LogP) is 7.56. The summed E-state index contributed by atoms with van der Waals surface area (Å²) < 4.78 is 56.8. The minimum absolute atomic E-state index is 0.335. The fraction of sp³-hybridized carbons (Fsp3) is 0.241. The van der Waals surface area contributed by atoms with E-state index in [4.69, 9.17) is 20.9 Å². The number of benzene rings is 3. The van der Waals surface area contributed by atoms with Gasteiger partial charge in [0, 0.05) is 27.6 Å². The number of aliphatic carboxylic acids is 1. The molecule has 0 amide bonds. The molecule has 0 spiro atoms. The van der Waals surface area contributed by atoms with Crippen molar-refractivity contribution in [2.75, 3.05) is 0 Å². The van der Waals surface area contributed by atoms with Crippen molar-refractivity contribution >= 4 is 39.4 Å². The van der Waals surface area contributed by atoms with Gasteiger partial charge in [0.05, 0.1) is 10.9 Å². The van der Waals surface area contributed by atoms with Crippen LogP contribution in [-0.2, 0) is 10.2 Å². The first-order valence-corrected chi connectivity index (χ1v) is 12.8. The van der Waals surface area contributed by atoms with Gasteiger partial charge in [0.2, 0.25) is 0 Å². The van der Waals surface area contributed by atoms with Crippen LogP contribution in [0.15, 0.2) is 65.2 Å². The predicted molar refractivity (Wildman–Crippen MR) is 141 cm³/mol. The molecule has 2 heterocycles. The molecule has 206 valence electrons. The van der Waals surface area contributed by atoms with Crippen molar-refractivity contribution in [1.82, 2.24) is 9.72 Å². The van der Waals surface area contributed by atoms with E-state index >= 15 is 0 Å². The molecule has 3 aromatic carbocycles. The SMILES string of the molecule is Cc1c(C2(c3cccc(O[C@@H](C)C(=O)O)c3)CC2)c2cc(OC(F)(F)F)ccc2n1-c1noc2cc(Cl)ccc12. The topological polar surface area (TPSA) is 86.7 Å². The van der Waals surface area contributed by atoms with Crippen molar-refractivity contribution in [1.29, 1.82) is 0 Å². The lowest BCUT2D eigenvalue weighted by molar-refractivity contribution is -0.274. The maximum atomic E-state index is 13.2. The van der Waals surface area contributed by atoms with E-state index in [-0.39, 0.29) is 5.75 Å². The highest BCUT2D eigenvalue weighted by Gasteiger charge is 2.49. The van der Waals surface area contributed by atoms with Gasteiger partial charge in [0.1, 0.15) is 11.5 Å². The summed E-state index contributed by atoms with van der Waals surface area (Å²) in [6, 6.07) is 16.6. The second-order valence-electron chi connectivity index (χ2n) is 9.88. The highest BCUT2D eigenvalue weighted by Crippen LogP contribution is 2.58. The van der Waals surface area contributed by atoms with Crippen LogP contribution in [0.3, 0.4) is 0 Å². The fourth-order valence-electron chi connectivity index (χ4n) is 5.46. The molecular formula is C29H22ClF3N2O5. The summed E-state index contributed by atoms with van der Waals surface area (Å²) in [6.45, 7) is 3.33. The number of hydrogen-bond donors (Lipinski definition) is 1. The third-order valence-corrected chi connectivity index (χ3v) is 7.55. The van der Waals surface area contributed by atoms with Crippen LogP contribution in [-0.4, -0.2) is 33.3 Å². The van der Waals surface area contributed by atoms with Crippen LogP contribution in [0.25, 0.3) is 27.7 Å². The van der Waals surface area contributed by atoms with E-state index in [0.717, 1.165) is 29.7 Å². The Kier molecular flexibility index (Phi) is 5.99. The molecule has 7 nitrogen and oxygen atoms in total. The third kappa shape index (κ3) is 4.42. The lowest BCUT2D eigenvalue weighted by Crippen LogP contribution is -2.23. The second-order valence-corrected chi connectivity index (χ2v) is 10.3. The minimum Gasteiger partial charge on any atom is -0.479 e. The van der Waals surface area contributed by atoms with Crippen LogP contribution in [0.2, 0.25) is 5.02 Å². The lowest BCUT2D eigenvalue weighted by atomic mass is 9.86. The summed E-state index contributed by atoms with van der Waals surface area (Å²) in [4.78, 5) is 11.3. The van der Waals surface area contributed by atoms with Crippen molar-refractivity contribution in [3.8, 4) is 17.3 Å². The van der Waals surface area contributed by atoms with Gasteiger partial charge in [0.25, 0.3) is 0 Å². The Labute approximate surface area is 230 Å². The Hall–Kier alpha value is -4.18. The Morgan fingerprint density at radius 1 is 1.10 bits per heavy atom. The molecule has 0 saturated heterocycles. The van der Waals surface area contributed by atoms with Gasteiger partial charge in [-0.15, -0.1) is 13.2 Å². The zero-order valence-corrected chi connectivity index (χ0v) is 22.0. The summed E-state index contributed by atoms with van der Waals surface area (Å²) in [5.74, 6) is -0.559. The molecule has 2 aromatic heterocycles. The number of carboxylic acids is 1. The van der Waals surface area contributed by atoms with Gasteiger partial charge in [-0.3, -0.25) is 4.57 Å². The Bertz CT molecular complexity index is 1790. The van der Waals surface area contributed by atoms with Crippen molar-refractivity contribution in [3.05, 3.63) is 82.5 Å². The maximum Gasteiger partial charge on any atom is 0.573 e. The molecule has 1 aliphatic carbocycles. The van der Waals surface area contributed by atoms with E-state index in [1.54, 1.807) is 42.5 Å². The molecule has 11 heteroatoms. The first kappa shape index (κ1) is 26.1. The molecule has 0 radical (unpaired) electrons. The molecule has 0 bridgehead atoms. The van der Waals surface area contributed by atoms with E-state index < -0.39 is 23.9 Å². The van der Waals surface area contributed by atoms with Gasteiger partial charge in [-0.1, -0.05) is 28.9 Å². The van der Waals surface area contributed by atoms with E-state index in [1.165, 1.54) is 19.1 Å².